The summed E-state index contributed by atoms with van der Waals surface area (Å²) in [5.41, 5.74) is -0.0192. The minimum atomic E-state index is -0.991. The van der Waals surface area contributed by atoms with Crippen LogP contribution in [0.4, 0.5) is 4.79 Å². The summed E-state index contributed by atoms with van der Waals surface area (Å²) in [4.78, 5) is 42.5. The van der Waals surface area contributed by atoms with Crippen LogP contribution in [-0.2, 0) is 14.3 Å². The normalized spacial score (nSPS) is 24.6. The van der Waals surface area contributed by atoms with Gasteiger partial charge in [0.15, 0.2) is 0 Å². The lowest BCUT2D eigenvalue weighted by Gasteiger charge is -2.42. The molecule has 2 saturated heterocycles. The monoisotopic (exact) mass is 388 g/mol. The van der Waals surface area contributed by atoms with E-state index in [1.807, 2.05) is 49.3 Å². The molecule has 0 spiro atoms. The second-order valence-corrected chi connectivity index (χ2v) is 8.06. The number of morpholine rings is 1. The first-order valence-corrected chi connectivity index (χ1v) is 9.45. The van der Waals surface area contributed by atoms with Gasteiger partial charge in [-0.1, -0.05) is 30.3 Å². The van der Waals surface area contributed by atoms with Gasteiger partial charge in [0.25, 0.3) is 5.91 Å². The number of hydrogen-bond donors (Lipinski definition) is 1. The molecule has 2 atom stereocenters. The summed E-state index contributed by atoms with van der Waals surface area (Å²) in [5, 5.41) is 2.61. The number of ether oxygens (including phenoxy) is 1. The summed E-state index contributed by atoms with van der Waals surface area (Å²) in [6, 6.07) is 8.92. The number of amides is 4. The van der Waals surface area contributed by atoms with Crippen LogP contribution in [0.5, 0.6) is 0 Å². The van der Waals surface area contributed by atoms with Gasteiger partial charge in [0.2, 0.25) is 5.91 Å². The number of nitrogens with zero attached hydrogens (tertiary/aromatic N) is 3. The first-order chi connectivity index (χ1) is 13.2. The molecular weight excluding hydrogens is 360 g/mol. The molecule has 2 aliphatic heterocycles. The fourth-order valence-electron chi connectivity index (χ4n) is 3.76. The Labute approximate surface area is 165 Å². The summed E-state index contributed by atoms with van der Waals surface area (Å²) in [5.74, 6) is -0.651. The van der Waals surface area contributed by atoms with E-state index in [9.17, 15) is 14.4 Å². The average molecular weight is 388 g/mol. The van der Waals surface area contributed by atoms with E-state index < -0.39 is 11.6 Å². The smallest absolute Gasteiger partial charge is 0.325 e. The van der Waals surface area contributed by atoms with E-state index in [0.29, 0.717) is 19.7 Å². The molecule has 2 heterocycles. The van der Waals surface area contributed by atoms with E-state index >= 15 is 0 Å². The van der Waals surface area contributed by atoms with Crippen LogP contribution in [0.15, 0.2) is 30.3 Å². The molecule has 8 nitrogen and oxygen atoms in total. The van der Waals surface area contributed by atoms with Crippen LogP contribution in [0.25, 0.3) is 0 Å². The van der Waals surface area contributed by atoms with Gasteiger partial charge in [0.05, 0.1) is 18.8 Å². The van der Waals surface area contributed by atoms with Crippen LogP contribution in [-0.4, -0.2) is 84.5 Å². The SMILES string of the molecule is CN(C)C[C@@H]1OCCN(C(=O)CN2C(=O)NC(C)(C)C2=O)[C@H]1c1ccccc1. The van der Waals surface area contributed by atoms with Crippen LogP contribution in [0, 0.1) is 0 Å². The fourth-order valence-corrected chi connectivity index (χ4v) is 3.76. The van der Waals surface area contributed by atoms with Crippen molar-refractivity contribution >= 4 is 17.8 Å². The molecule has 1 aromatic rings. The van der Waals surface area contributed by atoms with Gasteiger partial charge in [0.1, 0.15) is 12.1 Å². The van der Waals surface area contributed by atoms with Gasteiger partial charge in [0, 0.05) is 13.1 Å². The largest absolute Gasteiger partial charge is 0.373 e. The number of urea groups is 1. The van der Waals surface area contributed by atoms with E-state index in [-0.39, 0.29) is 30.5 Å². The number of likely N-dealkylation sites (N-methyl/N-ethyl adjacent to an activating group) is 1. The number of carbonyl (C=O) groups excluding carboxylic acids is 3. The molecule has 28 heavy (non-hydrogen) atoms. The molecule has 0 unspecified atom stereocenters. The minimum Gasteiger partial charge on any atom is -0.373 e. The average Bonchev–Trinajstić information content (AvgIpc) is 2.83. The highest BCUT2D eigenvalue weighted by Gasteiger charge is 2.46. The molecule has 3 rings (SSSR count). The second kappa shape index (κ2) is 7.89. The first-order valence-electron chi connectivity index (χ1n) is 9.45. The summed E-state index contributed by atoms with van der Waals surface area (Å²) in [7, 11) is 3.92. The van der Waals surface area contributed by atoms with Gasteiger partial charge in [-0.25, -0.2) is 4.79 Å². The molecule has 0 aromatic heterocycles. The number of hydrogen-bond acceptors (Lipinski definition) is 5. The van der Waals surface area contributed by atoms with Crippen molar-refractivity contribution in [3.63, 3.8) is 0 Å². The number of imide groups is 1. The van der Waals surface area contributed by atoms with Gasteiger partial charge < -0.3 is 19.9 Å². The number of rotatable bonds is 5. The quantitative estimate of drug-likeness (QED) is 0.756. The van der Waals surface area contributed by atoms with E-state index in [1.165, 1.54) is 0 Å². The standard InChI is InChI=1S/C20H28N4O4/c1-20(2)18(26)24(19(27)21-20)13-16(25)23-10-11-28-15(12-22(3)4)17(23)14-8-6-5-7-9-14/h5-9,15,17H,10-13H2,1-4H3,(H,21,27)/t15-,17-/m0/s1. The molecule has 0 bridgehead atoms. The maximum Gasteiger partial charge on any atom is 0.325 e. The summed E-state index contributed by atoms with van der Waals surface area (Å²) in [6.45, 7) is 4.47. The molecule has 2 aliphatic rings. The highest BCUT2D eigenvalue weighted by Crippen LogP contribution is 2.30. The van der Waals surface area contributed by atoms with Gasteiger partial charge in [-0.2, -0.15) is 0 Å². The van der Waals surface area contributed by atoms with Gasteiger partial charge >= 0.3 is 6.03 Å². The number of benzene rings is 1. The highest BCUT2D eigenvalue weighted by molar-refractivity contribution is 6.08. The van der Waals surface area contributed by atoms with Crippen molar-refractivity contribution in [3.8, 4) is 0 Å². The third-order valence-electron chi connectivity index (χ3n) is 5.10. The van der Waals surface area contributed by atoms with Crippen molar-refractivity contribution in [2.75, 3.05) is 40.3 Å². The maximum atomic E-state index is 13.2. The Morgan fingerprint density at radius 1 is 1.25 bits per heavy atom. The third kappa shape index (κ3) is 4.02. The number of nitrogens with one attached hydrogen (secondary N) is 1. The summed E-state index contributed by atoms with van der Waals surface area (Å²) >= 11 is 0. The Hall–Kier alpha value is -2.45. The van der Waals surface area contributed by atoms with E-state index in [4.69, 9.17) is 4.74 Å². The first kappa shape index (κ1) is 20.3. The Morgan fingerprint density at radius 2 is 1.93 bits per heavy atom. The van der Waals surface area contributed by atoms with Crippen LogP contribution in [0.3, 0.4) is 0 Å². The lowest BCUT2D eigenvalue weighted by molar-refractivity contribution is -0.150. The Bertz CT molecular complexity index is 750. The molecule has 1 aromatic carbocycles. The predicted molar refractivity (Wildman–Crippen MR) is 104 cm³/mol. The summed E-state index contributed by atoms with van der Waals surface area (Å²) < 4.78 is 5.99. The molecule has 0 aliphatic carbocycles. The molecule has 152 valence electrons. The molecule has 1 N–H and O–H groups in total. The van der Waals surface area contributed by atoms with Crippen molar-refractivity contribution in [1.82, 2.24) is 20.0 Å². The van der Waals surface area contributed by atoms with Crippen molar-refractivity contribution in [1.29, 1.82) is 0 Å². The summed E-state index contributed by atoms with van der Waals surface area (Å²) in [6.07, 6.45) is -0.199. The van der Waals surface area contributed by atoms with E-state index in [0.717, 1.165) is 10.5 Å². The molecular formula is C20H28N4O4. The zero-order valence-electron chi connectivity index (χ0n) is 16.8. The fraction of sp³-hybridized carbons (Fsp3) is 0.550. The van der Waals surface area contributed by atoms with Crippen LogP contribution >= 0.6 is 0 Å². The topological polar surface area (TPSA) is 82.2 Å². The van der Waals surface area contributed by atoms with Crippen LogP contribution in [0.2, 0.25) is 0 Å². The van der Waals surface area contributed by atoms with Gasteiger partial charge in [-0.15, -0.1) is 0 Å². The van der Waals surface area contributed by atoms with Crippen molar-refractivity contribution in [2.45, 2.75) is 31.5 Å². The van der Waals surface area contributed by atoms with E-state index in [2.05, 4.69) is 5.32 Å². The zero-order valence-corrected chi connectivity index (χ0v) is 16.8. The molecule has 0 saturated carbocycles. The Kier molecular flexibility index (Phi) is 5.71. The van der Waals surface area contributed by atoms with Crippen molar-refractivity contribution in [3.05, 3.63) is 35.9 Å². The van der Waals surface area contributed by atoms with Gasteiger partial charge in [-0.05, 0) is 33.5 Å². The predicted octanol–water partition coefficient (Wildman–Crippen LogP) is 0.847. The molecule has 0 radical (unpaired) electrons. The van der Waals surface area contributed by atoms with E-state index in [1.54, 1.807) is 18.7 Å². The van der Waals surface area contributed by atoms with Crippen LogP contribution in [0.1, 0.15) is 25.5 Å². The molecule has 8 heteroatoms. The maximum absolute atomic E-state index is 13.2. The zero-order chi connectivity index (χ0) is 20.5. The van der Waals surface area contributed by atoms with Crippen molar-refractivity contribution in [2.24, 2.45) is 0 Å². The lowest BCUT2D eigenvalue weighted by Crippen LogP contribution is -2.54. The molecule has 4 amide bonds. The minimum absolute atomic E-state index is 0.199. The Morgan fingerprint density at radius 3 is 2.50 bits per heavy atom. The second-order valence-electron chi connectivity index (χ2n) is 8.06. The molecule has 2 fully saturated rings. The van der Waals surface area contributed by atoms with Gasteiger partial charge in [-0.3, -0.25) is 14.5 Å². The van der Waals surface area contributed by atoms with Crippen LogP contribution < -0.4 is 5.32 Å². The van der Waals surface area contributed by atoms with Crippen molar-refractivity contribution < 1.29 is 19.1 Å². The Balaban J connectivity index is 1.84. The lowest BCUT2D eigenvalue weighted by atomic mass is 9.97. The number of carbonyl (C=O) groups is 3. The third-order valence-corrected chi connectivity index (χ3v) is 5.10. The highest BCUT2D eigenvalue weighted by atomic mass is 16.5.